The number of carbonyl (C=O) groups excluding carboxylic acids is 1. The summed E-state index contributed by atoms with van der Waals surface area (Å²) in [7, 11) is 0. The molecule has 3 nitrogen and oxygen atoms in total. The van der Waals surface area contributed by atoms with Gasteiger partial charge in [0.05, 0.1) is 16.3 Å². The van der Waals surface area contributed by atoms with E-state index in [4.69, 9.17) is 23.2 Å². The lowest BCUT2D eigenvalue weighted by Crippen LogP contribution is -2.32. The number of carbonyl (C=O) groups is 1. The normalized spacial score (nSPS) is 14.0. The molecule has 3 rings (SSSR count). The SMILES string of the molecule is O=C1Nc2cc(Cl)ccc2SN1c1ccc(Cl)cc1. The molecule has 0 saturated heterocycles. The minimum atomic E-state index is -0.206. The van der Waals surface area contributed by atoms with Crippen LogP contribution in [0.5, 0.6) is 0 Å². The molecule has 96 valence electrons. The van der Waals surface area contributed by atoms with Crippen molar-refractivity contribution in [3.63, 3.8) is 0 Å². The van der Waals surface area contributed by atoms with Gasteiger partial charge in [0.15, 0.2) is 0 Å². The van der Waals surface area contributed by atoms with E-state index in [9.17, 15) is 4.79 Å². The predicted molar refractivity (Wildman–Crippen MR) is 80.3 cm³/mol. The standard InChI is InChI=1S/C13H8Cl2N2OS/c14-8-1-4-10(5-2-8)17-13(18)16-11-7-9(15)3-6-12(11)19-17/h1-7H,(H,16,18). The van der Waals surface area contributed by atoms with Gasteiger partial charge >= 0.3 is 6.03 Å². The largest absolute Gasteiger partial charge is 0.336 e. The van der Waals surface area contributed by atoms with Crippen LogP contribution in [0.1, 0.15) is 0 Å². The van der Waals surface area contributed by atoms with Gasteiger partial charge in [-0.25, -0.2) is 9.10 Å². The molecule has 1 N–H and O–H groups in total. The molecule has 1 aliphatic rings. The highest BCUT2D eigenvalue weighted by molar-refractivity contribution is 8.01. The van der Waals surface area contributed by atoms with Crippen LogP contribution in [-0.2, 0) is 0 Å². The number of hydrogen-bond donors (Lipinski definition) is 1. The molecule has 19 heavy (non-hydrogen) atoms. The van der Waals surface area contributed by atoms with Crippen molar-refractivity contribution in [3.05, 3.63) is 52.5 Å². The number of nitrogens with zero attached hydrogens (tertiary/aromatic N) is 1. The lowest BCUT2D eigenvalue weighted by atomic mass is 10.3. The molecule has 0 bridgehead atoms. The van der Waals surface area contributed by atoms with Crippen LogP contribution in [0, 0.1) is 0 Å². The van der Waals surface area contributed by atoms with Crippen LogP contribution in [0.3, 0.4) is 0 Å². The van der Waals surface area contributed by atoms with E-state index in [1.807, 2.05) is 6.07 Å². The molecule has 0 spiro atoms. The molecule has 0 radical (unpaired) electrons. The summed E-state index contributed by atoms with van der Waals surface area (Å²) in [6, 6.07) is 12.3. The Morgan fingerprint density at radius 2 is 1.68 bits per heavy atom. The molecule has 1 aliphatic heterocycles. The van der Waals surface area contributed by atoms with Gasteiger partial charge in [0.25, 0.3) is 0 Å². The van der Waals surface area contributed by atoms with Crippen LogP contribution in [0.4, 0.5) is 16.2 Å². The second kappa shape index (κ2) is 4.96. The van der Waals surface area contributed by atoms with Crippen molar-refractivity contribution < 1.29 is 4.79 Å². The number of anilines is 2. The van der Waals surface area contributed by atoms with E-state index in [-0.39, 0.29) is 6.03 Å². The van der Waals surface area contributed by atoms with Crippen molar-refractivity contribution >= 4 is 52.6 Å². The van der Waals surface area contributed by atoms with Gasteiger partial charge < -0.3 is 5.32 Å². The Bertz CT molecular complexity index is 646. The first-order valence-electron chi connectivity index (χ1n) is 5.48. The number of benzene rings is 2. The fraction of sp³-hybridized carbons (Fsp3) is 0. The van der Waals surface area contributed by atoms with Crippen molar-refractivity contribution in [1.29, 1.82) is 0 Å². The van der Waals surface area contributed by atoms with Gasteiger partial charge in [-0.1, -0.05) is 23.2 Å². The van der Waals surface area contributed by atoms with Crippen LogP contribution in [0.2, 0.25) is 10.0 Å². The highest BCUT2D eigenvalue weighted by Gasteiger charge is 2.25. The fourth-order valence-electron chi connectivity index (χ4n) is 1.73. The maximum absolute atomic E-state index is 12.1. The first-order chi connectivity index (χ1) is 9.13. The highest BCUT2D eigenvalue weighted by atomic mass is 35.5. The van der Waals surface area contributed by atoms with Crippen LogP contribution in [0.25, 0.3) is 0 Å². The lowest BCUT2D eigenvalue weighted by Gasteiger charge is -2.27. The summed E-state index contributed by atoms with van der Waals surface area (Å²) < 4.78 is 1.58. The second-order valence-corrected chi connectivity index (χ2v) is 5.79. The van der Waals surface area contributed by atoms with Crippen LogP contribution < -0.4 is 9.62 Å². The molecular weight excluding hydrogens is 303 g/mol. The average molecular weight is 311 g/mol. The third-order valence-corrected chi connectivity index (χ3v) is 4.22. The van der Waals surface area contributed by atoms with E-state index in [1.165, 1.54) is 11.9 Å². The molecule has 0 saturated carbocycles. The van der Waals surface area contributed by atoms with E-state index in [2.05, 4.69) is 5.32 Å². The zero-order valence-corrected chi connectivity index (χ0v) is 11.9. The van der Waals surface area contributed by atoms with Crippen LogP contribution >= 0.6 is 35.1 Å². The van der Waals surface area contributed by atoms with E-state index in [0.717, 1.165) is 16.3 Å². The summed E-state index contributed by atoms with van der Waals surface area (Å²) in [6.45, 7) is 0. The van der Waals surface area contributed by atoms with Gasteiger partial charge in [-0.2, -0.15) is 0 Å². The minimum absolute atomic E-state index is 0.206. The van der Waals surface area contributed by atoms with Gasteiger partial charge in [0.1, 0.15) is 0 Å². The van der Waals surface area contributed by atoms with E-state index >= 15 is 0 Å². The number of amides is 2. The quantitative estimate of drug-likeness (QED) is 0.747. The van der Waals surface area contributed by atoms with Crippen molar-refractivity contribution in [2.45, 2.75) is 4.90 Å². The summed E-state index contributed by atoms with van der Waals surface area (Å²) in [5.74, 6) is 0. The zero-order chi connectivity index (χ0) is 13.4. The van der Waals surface area contributed by atoms with E-state index in [1.54, 1.807) is 40.7 Å². The Morgan fingerprint density at radius 1 is 1.00 bits per heavy atom. The number of fused-ring (bicyclic) bond motifs is 1. The summed E-state index contributed by atoms with van der Waals surface area (Å²) in [4.78, 5) is 13.0. The van der Waals surface area contributed by atoms with Crippen molar-refractivity contribution in [2.24, 2.45) is 0 Å². The summed E-state index contributed by atoms with van der Waals surface area (Å²) in [5, 5.41) is 4.05. The maximum Gasteiger partial charge on any atom is 0.336 e. The summed E-state index contributed by atoms with van der Waals surface area (Å²) in [6.07, 6.45) is 0. The Balaban J connectivity index is 1.95. The third kappa shape index (κ3) is 2.52. The van der Waals surface area contributed by atoms with Crippen molar-refractivity contribution in [1.82, 2.24) is 0 Å². The third-order valence-electron chi connectivity index (χ3n) is 2.62. The number of nitrogens with one attached hydrogen (secondary N) is 1. The molecule has 0 fully saturated rings. The number of halogens is 2. The molecule has 2 aromatic carbocycles. The number of rotatable bonds is 1. The molecule has 0 unspecified atom stereocenters. The smallest absolute Gasteiger partial charge is 0.306 e. The van der Waals surface area contributed by atoms with E-state index in [0.29, 0.717) is 10.0 Å². The van der Waals surface area contributed by atoms with Gasteiger partial charge in [-0.15, -0.1) is 0 Å². The number of hydrogen-bond acceptors (Lipinski definition) is 2. The lowest BCUT2D eigenvalue weighted by molar-refractivity contribution is 0.260. The Hall–Kier alpha value is -1.36. The molecule has 0 aromatic heterocycles. The van der Waals surface area contributed by atoms with Crippen molar-refractivity contribution in [3.8, 4) is 0 Å². The fourth-order valence-corrected chi connectivity index (χ4v) is 2.92. The predicted octanol–water partition coefficient (Wildman–Crippen LogP) is 5.05. The Labute approximate surface area is 124 Å². The summed E-state index contributed by atoms with van der Waals surface area (Å²) in [5.41, 5.74) is 1.50. The molecule has 2 aromatic rings. The maximum atomic E-state index is 12.1. The molecule has 2 amide bonds. The Kier molecular flexibility index (Phi) is 3.31. The molecule has 0 aliphatic carbocycles. The first-order valence-corrected chi connectivity index (χ1v) is 7.00. The summed E-state index contributed by atoms with van der Waals surface area (Å²) >= 11 is 13.1. The number of urea groups is 1. The molecule has 1 heterocycles. The molecular formula is C13H8Cl2N2OS. The topological polar surface area (TPSA) is 32.3 Å². The van der Waals surface area contributed by atoms with Crippen LogP contribution in [-0.4, -0.2) is 6.03 Å². The highest BCUT2D eigenvalue weighted by Crippen LogP contribution is 2.39. The second-order valence-electron chi connectivity index (χ2n) is 3.93. The molecule has 6 heteroatoms. The van der Waals surface area contributed by atoms with Gasteiger partial charge in [-0.3, -0.25) is 0 Å². The monoisotopic (exact) mass is 310 g/mol. The zero-order valence-electron chi connectivity index (χ0n) is 9.56. The van der Waals surface area contributed by atoms with Gasteiger partial charge in [0, 0.05) is 10.0 Å². The van der Waals surface area contributed by atoms with Gasteiger partial charge in [0.2, 0.25) is 0 Å². The first kappa shape index (κ1) is 12.7. The van der Waals surface area contributed by atoms with E-state index < -0.39 is 0 Å². The van der Waals surface area contributed by atoms with Gasteiger partial charge in [-0.05, 0) is 54.4 Å². The van der Waals surface area contributed by atoms with Crippen molar-refractivity contribution in [2.75, 3.05) is 9.62 Å². The Morgan fingerprint density at radius 3 is 2.42 bits per heavy atom. The van der Waals surface area contributed by atoms with Crippen LogP contribution in [0.15, 0.2) is 47.4 Å². The minimum Gasteiger partial charge on any atom is -0.306 e. The average Bonchev–Trinajstić information content (AvgIpc) is 2.39. The molecule has 0 atom stereocenters.